The Kier molecular flexibility index (Phi) is 11.8. The second-order valence-electron chi connectivity index (χ2n) is 5.31. The van der Waals surface area contributed by atoms with E-state index < -0.39 is 63.9 Å². The molecule has 166 valence electrons. The van der Waals surface area contributed by atoms with Crippen molar-refractivity contribution >= 4 is 53.4 Å². The number of carbonyl (C=O) groups excluding carboxylic acids is 1. The Morgan fingerprint density at radius 2 is 1.10 bits per heavy atom. The summed E-state index contributed by atoms with van der Waals surface area (Å²) in [6.45, 7) is -5.10. The summed E-state index contributed by atoms with van der Waals surface area (Å²) in [6.07, 6.45) is 0.809. The Labute approximate surface area is 203 Å². The average Bonchev–Trinajstić information content (AvgIpc) is 2.40. The number of rotatable bonds is 10. The van der Waals surface area contributed by atoms with E-state index in [9.17, 15) is 43.6 Å². The first kappa shape index (κ1) is 32.8. The van der Waals surface area contributed by atoms with Gasteiger partial charge in [-0.3, -0.25) is 0 Å². The molecule has 0 spiro atoms. The van der Waals surface area contributed by atoms with Crippen LogP contribution in [-0.4, -0.2) is 65.4 Å². The average molecular weight is 510 g/mol. The Morgan fingerprint density at radius 1 is 0.742 bits per heavy atom. The number of benzene rings is 1. The summed E-state index contributed by atoms with van der Waals surface area (Å²) in [5.74, 6) is -2.01. The number of carboxylic acids is 1. The monoisotopic (exact) mass is 510 g/mol. The maximum absolute atomic E-state index is 12.5. The van der Waals surface area contributed by atoms with Crippen molar-refractivity contribution in [1.29, 1.82) is 0 Å². The van der Waals surface area contributed by atoms with E-state index in [1.54, 1.807) is 0 Å². The third kappa shape index (κ3) is 11.3. The Hall–Kier alpha value is -0.410. The quantitative estimate of drug-likeness (QED) is 0.267. The molecule has 0 heterocycles. The van der Waals surface area contributed by atoms with Gasteiger partial charge in [-0.2, -0.15) is 8.42 Å². The first-order valence-corrected chi connectivity index (χ1v) is 13.7. The standard InChI is InChI=1S/C10H14BO14S4.2Li/c1-26(14,15)22-11(23-27(2,16)17,24-28(3,18)19)25-29(20,21)9-7-5-4-6-8(9)10(12)13;;/h4-7H,1-3H3,(H,12,13);;/q-1;2*+1/p-1. The molecule has 0 aliphatic carbocycles. The minimum Gasteiger partial charge on any atom is -0.545 e. The SMILES string of the molecule is CS(=O)(=O)O[B-](OS(C)(=O)=O)(OS(C)(=O)=O)OS(=O)(=O)c1ccccc1C(=O)[O-].[Li+].[Li+]. The molecule has 1 aromatic rings. The van der Waals surface area contributed by atoms with Crippen molar-refractivity contribution in [3.63, 3.8) is 0 Å². The zero-order valence-electron chi connectivity index (χ0n) is 16.7. The predicted octanol–water partition coefficient (Wildman–Crippen LogP) is -8.87. The molecule has 1 rings (SSSR count). The van der Waals surface area contributed by atoms with E-state index >= 15 is 0 Å². The second kappa shape index (κ2) is 11.1. The molecule has 21 heteroatoms. The summed E-state index contributed by atoms with van der Waals surface area (Å²) >= 11 is 0. The van der Waals surface area contributed by atoms with Gasteiger partial charge in [-0.1, -0.05) is 18.2 Å². The van der Waals surface area contributed by atoms with Crippen LogP contribution in [0.4, 0.5) is 0 Å². The Balaban J connectivity index is 0. The minimum atomic E-state index is -5.47. The molecule has 0 aliphatic heterocycles. The molecule has 0 radical (unpaired) electrons. The molecule has 0 atom stereocenters. The predicted molar refractivity (Wildman–Crippen MR) is 92.6 cm³/mol. The largest absolute Gasteiger partial charge is 1.00 e. The zero-order chi connectivity index (χ0) is 22.9. The maximum atomic E-state index is 12.5. The molecule has 0 saturated carbocycles. The summed E-state index contributed by atoms with van der Waals surface area (Å²) < 4.78 is 110. The third-order valence-corrected chi connectivity index (χ3v) is 5.64. The van der Waals surface area contributed by atoms with E-state index in [4.69, 9.17) is 0 Å². The minimum absolute atomic E-state index is 0. The van der Waals surface area contributed by atoms with Gasteiger partial charge in [0, 0.05) is 5.56 Å². The number of hydrogen-bond donors (Lipinski definition) is 0. The topological polar surface area (TPSA) is 214 Å². The smallest absolute Gasteiger partial charge is 0.545 e. The first-order chi connectivity index (χ1) is 12.8. The van der Waals surface area contributed by atoms with Crippen molar-refractivity contribution < 1.29 is 97.7 Å². The molecule has 0 N–H and O–H groups in total. The molecule has 1 aromatic carbocycles. The van der Waals surface area contributed by atoms with Gasteiger partial charge < -0.3 is 26.3 Å². The van der Waals surface area contributed by atoms with Gasteiger partial charge in [0.1, 0.15) is 0 Å². The van der Waals surface area contributed by atoms with Gasteiger partial charge in [-0.15, -0.1) is 0 Å². The van der Waals surface area contributed by atoms with Gasteiger partial charge in [-0.25, -0.2) is 25.3 Å². The van der Waals surface area contributed by atoms with E-state index in [1.165, 1.54) is 0 Å². The van der Waals surface area contributed by atoms with Crippen LogP contribution in [0.2, 0.25) is 0 Å². The van der Waals surface area contributed by atoms with Gasteiger partial charge in [0.2, 0.25) is 30.4 Å². The zero-order valence-corrected chi connectivity index (χ0v) is 20.0. The Morgan fingerprint density at radius 3 is 1.42 bits per heavy atom. The van der Waals surface area contributed by atoms with Crippen molar-refractivity contribution in [3.8, 4) is 0 Å². The Bertz CT molecular complexity index is 1140. The molecular weight excluding hydrogens is 497 g/mol. The molecule has 0 aliphatic rings. The van der Waals surface area contributed by atoms with Crippen molar-refractivity contribution in [2.75, 3.05) is 18.8 Å². The molecule has 0 amide bonds. The fourth-order valence-electron chi connectivity index (χ4n) is 1.80. The van der Waals surface area contributed by atoms with Gasteiger partial charge in [-0.05, 0) is 6.07 Å². The number of carbonyl (C=O) groups is 1. The summed E-state index contributed by atoms with van der Waals surface area (Å²) in [7, 11) is -20.1. The molecule has 31 heavy (non-hydrogen) atoms. The molecule has 14 nitrogen and oxygen atoms in total. The van der Waals surface area contributed by atoms with Crippen LogP contribution in [0.1, 0.15) is 10.4 Å². The van der Waals surface area contributed by atoms with Crippen LogP contribution in [0.3, 0.4) is 0 Å². The molecule has 0 saturated heterocycles. The number of aromatic carboxylic acids is 1. The molecule has 0 bridgehead atoms. The van der Waals surface area contributed by atoms with Crippen molar-refractivity contribution in [2.24, 2.45) is 0 Å². The van der Waals surface area contributed by atoms with Gasteiger partial charge in [0.05, 0.1) is 29.6 Å². The van der Waals surface area contributed by atoms with Crippen molar-refractivity contribution in [3.05, 3.63) is 29.8 Å². The second-order valence-corrected chi connectivity index (χ2v) is 11.7. The van der Waals surface area contributed by atoms with E-state index in [-0.39, 0.29) is 56.5 Å². The fraction of sp³-hybridized carbons (Fsp3) is 0.300. The summed E-state index contributed by atoms with van der Waals surface area (Å²) in [5, 5.41) is 11.1. The van der Waals surface area contributed by atoms with Crippen LogP contribution >= 0.6 is 0 Å². The van der Waals surface area contributed by atoms with Crippen LogP contribution in [0.15, 0.2) is 29.2 Å². The molecular formula is C10H13BLi2O14S4. The summed E-state index contributed by atoms with van der Waals surface area (Å²) in [4.78, 5) is 9.94. The number of hydrogen-bond acceptors (Lipinski definition) is 14. The van der Waals surface area contributed by atoms with Crippen LogP contribution in [0.5, 0.6) is 0 Å². The summed E-state index contributed by atoms with van der Waals surface area (Å²) in [6, 6.07) is 3.52. The maximum Gasteiger partial charge on any atom is 1.00 e. The van der Waals surface area contributed by atoms with Crippen molar-refractivity contribution in [1.82, 2.24) is 0 Å². The van der Waals surface area contributed by atoms with Crippen LogP contribution in [0.25, 0.3) is 0 Å². The van der Waals surface area contributed by atoms with E-state index in [1.807, 2.05) is 0 Å². The van der Waals surface area contributed by atoms with Crippen LogP contribution < -0.4 is 42.8 Å². The summed E-state index contributed by atoms with van der Waals surface area (Å²) in [5.41, 5.74) is -0.990. The fourth-order valence-corrected chi connectivity index (χ4v) is 4.93. The van der Waals surface area contributed by atoms with Crippen LogP contribution in [-0.2, 0) is 56.9 Å². The molecule has 0 unspecified atom stereocenters. The van der Waals surface area contributed by atoms with Crippen LogP contribution in [0, 0.1) is 0 Å². The van der Waals surface area contributed by atoms with Crippen molar-refractivity contribution in [2.45, 2.75) is 4.90 Å². The van der Waals surface area contributed by atoms with Gasteiger partial charge in [0.15, 0.2) is 0 Å². The first-order valence-electron chi connectivity index (χ1n) is 6.86. The van der Waals surface area contributed by atoms with Gasteiger partial charge in [0.25, 0.3) is 10.1 Å². The third-order valence-electron chi connectivity index (χ3n) is 2.50. The normalized spacial score (nSPS) is 13.0. The van der Waals surface area contributed by atoms with Gasteiger partial charge >= 0.3 is 44.7 Å². The molecule has 0 aromatic heterocycles. The van der Waals surface area contributed by atoms with E-state index in [0.717, 1.165) is 18.2 Å². The number of carboxylic acid groups (broad SMARTS) is 1. The molecule has 0 fully saturated rings. The van der Waals surface area contributed by atoms with E-state index in [2.05, 4.69) is 16.4 Å². The van der Waals surface area contributed by atoms with E-state index in [0.29, 0.717) is 6.07 Å².